The van der Waals surface area contributed by atoms with Crippen molar-refractivity contribution in [3.63, 3.8) is 0 Å². The van der Waals surface area contributed by atoms with Gasteiger partial charge in [-0.2, -0.15) is 9.50 Å². The molecule has 0 radical (unpaired) electrons. The van der Waals surface area contributed by atoms with E-state index in [1.54, 1.807) is 7.11 Å². The van der Waals surface area contributed by atoms with Crippen molar-refractivity contribution in [2.24, 2.45) is 0 Å². The molecule has 0 unspecified atom stereocenters. The molecule has 0 aliphatic carbocycles. The molecule has 136 valence electrons. The van der Waals surface area contributed by atoms with Gasteiger partial charge < -0.3 is 9.47 Å². The number of benzene rings is 2. The van der Waals surface area contributed by atoms with Gasteiger partial charge in [-0.15, -0.1) is 5.10 Å². The summed E-state index contributed by atoms with van der Waals surface area (Å²) in [6.45, 7) is 2.49. The van der Waals surface area contributed by atoms with Gasteiger partial charge >= 0.3 is 0 Å². The Hall–Kier alpha value is -3.19. The molecule has 4 rings (SSSR count). The van der Waals surface area contributed by atoms with Crippen molar-refractivity contribution in [1.29, 1.82) is 0 Å². The van der Waals surface area contributed by atoms with Crippen molar-refractivity contribution < 1.29 is 9.47 Å². The number of para-hydroxylation sites is 2. The average Bonchev–Trinajstić information content (AvgIpc) is 3.23. The van der Waals surface area contributed by atoms with Crippen molar-refractivity contribution >= 4 is 22.4 Å². The van der Waals surface area contributed by atoms with Gasteiger partial charge in [0.25, 0.3) is 5.56 Å². The van der Waals surface area contributed by atoms with Crippen LogP contribution in [0.3, 0.4) is 0 Å². The third kappa shape index (κ3) is 3.17. The maximum Gasteiger partial charge on any atom is 0.291 e. The predicted octanol–water partition coefficient (Wildman–Crippen LogP) is 2.77. The van der Waals surface area contributed by atoms with Crippen LogP contribution in [0.15, 0.2) is 53.3 Å². The minimum absolute atomic E-state index is 0.199. The van der Waals surface area contributed by atoms with Crippen LogP contribution in [0.1, 0.15) is 12.5 Å². The summed E-state index contributed by atoms with van der Waals surface area (Å²) >= 11 is 1.30. The molecule has 0 amide bonds. The third-order valence-electron chi connectivity index (χ3n) is 4.04. The number of thiazole rings is 1. The zero-order valence-electron chi connectivity index (χ0n) is 14.9. The molecule has 0 bridgehead atoms. The normalized spacial score (nSPS) is 11.9. The Bertz CT molecular complexity index is 1210. The van der Waals surface area contributed by atoms with Gasteiger partial charge in [-0.1, -0.05) is 41.7 Å². The quantitative estimate of drug-likeness (QED) is 0.533. The summed E-state index contributed by atoms with van der Waals surface area (Å²) in [6, 6.07) is 15.1. The second kappa shape index (κ2) is 7.20. The Labute approximate surface area is 159 Å². The van der Waals surface area contributed by atoms with Gasteiger partial charge in [-0.05, 0) is 31.2 Å². The van der Waals surface area contributed by atoms with Crippen LogP contribution in [0.2, 0.25) is 0 Å². The monoisotopic (exact) mass is 379 g/mol. The lowest BCUT2D eigenvalue weighted by Crippen LogP contribution is -2.23. The highest BCUT2D eigenvalue weighted by molar-refractivity contribution is 7.15. The van der Waals surface area contributed by atoms with E-state index in [1.165, 1.54) is 15.9 Å². The Morgan fingerprint density at radius 2 is 1.85 bits per heavy atom. The molecule has 0 fully saturated rings. The van der Waals surface area contributed by atoms with Gasteiger partial charge in [0.05, 0.1) is 23.8 Å². The van der Waals surface area contributed by atoms with Crippen LogP contribution in [-0.2, 0) is 0 Å². The Balaban J connectivity index is 1.81. The number of hydrogen-bond acceptors (Lipinski definition) is 6. The molecule has 2 aromatic carbocycles. The van der Waals surface area contributed by atoms with Crippen LogP contribution in [0.5, 0.6) is 11.5 Å². The van der Waals surface area contributed by atoms with Crippen molar-refractivity contribution in [2.45, 2.75) is 6.92 Å². The fraction of sp³-hybridized carbons (Fsp3) is 0.150. The van der Waals surface area contributed by atoms with Gasteiger partial charge in [-0.3, -0.25) is 4.79 Å². The molecule has 0 N–H and O–H groups in total. The zero-order valence-corrected chi connectivity index (χ0v) is 15.7. The number of rotatable bonds is 5. The van der Waals surface area contributed by atoms with E-state index in [-0.39, 0.29) is 5.56 Å². The first kappa shape index (κ1) is 17.2. The summed E-state index contributed by atoms with van der Waals surface area (Å²) in [6.07, 6.45) is 1.82. The minimum atomic E-state index is -0.199. The molecule has 4 aromatic rings. The predicted molar refractivity (Wildman–Crippen MR) is 106 cm³/mol. The van der Waals surface area contributed by atoms with Gasteiger partial charge in [-0.25, -0.2) is 0 Å². The highest BCUT2D eigenvalue weighted by Crippen LogP contribution is 2.27. The maximum atomic E-state index is 12.8. The van der Waals surface area contributed by atoms with Gasteiger partial charge in [0.15, 0.2) is 5.82 Å². The first-order valence-corrected chi connectivity index (χ1v) is 9.29. The number of methoxy groups -OCH3 is 1. The SMILES string of the molecule is CCOc1ccccc1C=c1sc2nc(-c3ccccc3OC)nn2c1=O. The Morgan fingerprint density at radius 1 is 1.11 bits per heavy atom. The lowest BCUT2D eigenvalue weighted by atomic mass is 10.2. The van der Waals surface area contributed by atoms with Crippen molar-refractivity contribution in [2.75, 3.05) is 13.7 Å². The number of fused-ring (bicyclic) bond motifs is 1. The summed E-state index contributed by atoms with van der Waals surface area (Å²) in [7, 11) is 1.60. The first-order valence-electron chi connectivity index (χ1n) is 8.47. The van der Waals surface area contributed by atoms with Crippen molar-refractivity contribution in [1.82, 2.24) is 14.6 Å². The molecule has 6 nitrogen and oxygen atoms in total. The third-order valence-corrected chi connectivity index (χ3v) is 4.99. The lowest BCUT2D eigenvalue weighted by Gasteiger charge is -2.05. The van der Waals surface area contributed by atoms with E-state index in [0.29, 0.717) is 27.7 Å². The van der Waals surface area contributed by atoms with Crippen LogP contribution >= 0.6 is 11.3 Å². The highest BCUT2D eigenvalue weighted by atomic mass is 32.1. The number of aromatic nitrogens is 3. The highest BCUT2D eigenvalue weighted by Gasteiger charge is 2.15. The lowest BCUT2D eigenvalue weighted by molar-refractivity contribution is 0.339. The average molecular weight is 379 g/mol. The topological polar surface area (TPSA) is 65.7 Å². The van der Waals surface area contributed by atoms with E-state index in [2.05, 4.69) is 10.1 Å². The largest absolute Gasteiger partial charge is 0.496 e. The second-order valence-electron chi connectivity index (χ2n) is 5.72. The maximum absolute atomic E-state index is 12.8. The van der Waals surface area contributed by atoms with E-state index in [0.717, 1.165) is 16.9 Å². The zero-order chi connectivity index (χ0) is 18.8. The number of hydrogen-bond donors (Lipinski definition) is 0. The van der Waals surface area contributed by atoms with Crippen LogP contribution in [0, 0.1) is 0 Å². The van der Waals surface area contributed by atoms with Crippen molar-refractivity contribution in [3.05, 3.63) is 69.0 Å². The second-order valence-corrected chi connectivity index (χ2v) is 6.73. The number of nitrogens with zero attached hydrogens (tertiary/aromatic N) is 3. The smallest absolute Gasteiger partial charge is 0.291 e. The molecular weight excluding hydrogens is 362 g/mol. The molecule has 0 aliphatic rings. The van der Waals surface area contributed by atoms with Gasteiger partial charge in [0.1, 0.15) is 11.5 Å². The molecule has 0 atom stereocenters. The van der Waals surface area contributed by atoms with Crippen molar-refractivity contribution in [3.8, 4) is 22.9 Å². The van der Waals surface area contributed by atoms with E-state index in [1.807, 2.05) is 61.5 Å². The van der Waals surface area contributed by atoms with Crippen LogP contribution in [0.25, 0.3) is 22.4 Å². The molecule has 27 heavy (non-hydrogen) atoms. The number of ether oxygens (including phenoxy) is 2. The summed E-state index contributed by atoms with van der Waals surface area (Å²) < 4.78 is 12.9. The Morgan fingerprint density at radius 3 is 2.59 bits per heavy atom. The summed E-state index contributed by atoms with van der Waals surface area (Å²) in [5.74, 6) is 1.88. The van der Waals surface area contributed by atoms with Crippen LogP contribution in [-0.4, -0.2) is 28.3 Å². The fourth-order valence-corrected chi connectivity index (χ4v) is 3.70. The summed E-state index contributed by atoms with van der Waals surface area (Å²) in [5.41, 5.74) is 1.41. The molecule has 0 saturated carbocycles. The molecule has 2 aromatic heterocycles. The molecule has 7 heteroatoms. The molecule has 0 spiro atoms. The summed E-state index contributed by atoms with van der Waals surface area (Å²) in [4.78, 5) is 17.8. The van der Waals surface area contributed by atoms with E-state index < -0.39 is 0 Å². The fourth-order valence-electron chi connectivity index (χ4n) is 2.81. The Kier molecular flexibility index (Phi) is 4.60. The van der Waals surface area contributed by atoms with Gasteiger partial charge in [0, 0.05) is 5.56 Å². The molecule has 0 saturated heterocycles. The van der Waals surface area contributed by atoms with Crippen LogP contribution in [0.4, 0.5) is 0 Å². The summed E-state index contributed by atoms with van der Waals surface area (Å²) in [5, 5.41) is 4.38. The van der Waals surface area contributed by atoms with E-state index in [9.17, 15) is 4.79 Å². The minimum Gasteiger partial charge on any atom is -0.496 e. The van der Waals surface area contributed by atoms with E-state index >= 15 is 0 Å². The molecule has 0 aliphatic heterocycles. The first-order chi connectivity index (χ1) is 13.2. The van der Waals surface area contributed by atoms with Gasteiger partial charge in [0.2, 0.25) is 4.96 Å². The van der Waals surface area contributed by atoms with Crippen LogP contribution < -0.4 is 19.6 Å². The van der Waals surface area contributed by atoms with E-state index in [4.69, 9.17) is 9.47 Å². The molecule has 2 heterocycles. The molecular formula is C20H17N3O3S. The standard InChI is InChI=1S/C20H17N3O3S/c1-3-26-15-10-6-4-8-13(15)12-17-19(24)23-20(27-17)21-18(22-23)14-9-5-7-11-16(14)25-2/h4-12H,3H2,1-2H3.